The Kier molecular flexibility index (Phi) is 6.84. The van der Waals surface area contributed by atoms with Crippen LogP contribution in [-0.4, -0.2) is 36.7 Å². The quantitative estimate of drug-likeness (QED) is 0.649. The number of carbonyl (C=O) groups excluding carboxylic acids is 2. The Morgan fingerprint density at radius 3 is 2.48 bits per heavy atom. The van der Waals surface area contributed by atoms with Crippen LogP contribution in [0.2, 0.25) is 5.02 Å². The fourth-order valence-electron chi connectivity index (χ4n) is 3.44. The van der Waals surface area contributed by atoms with E-state index >= 15 is 0 Å². The highest BCUT2D eigenvalue weighted by Crippen LogP contribution is 2.35. The largest absolute Gasteiger partial charge is 0.383 e. The van der Waals surface area contributed by atoms with Crippen molar-refractivity contribution in [3.05, 3.63) is 64.9 Å². The number of amides is 2. The molecule has 1 saturated heterocycles. The van der Waals surface area contributed by atoms with Crippen molar-refractivity contribution in [2.75, 3.05) is 25.1 Å². The number of rotatable bonds is 5. The first-order valence-corrected chi connectivity index (χ1v) is 9.68. The van der Waals surface area contributed by atoms with Crippen molar-refractivity contribution in [1.29, 1.82) is 0 Å². The van der Waals surface area contributed by atoms with E-state index in [4.69, 9.17) is 16.3 Å². The summed E-state index contributed by atoms with van der Waals surface area (Å²) in [5, 5.41) is 16.1. The van der Waals surface area contributed by atoms with Gasteiger partial charge in [-0.25, -0.2) is 4.39 Å². The van der Waals surface area contributed by atoms with Gasteiger partial charge < -0.3 is 20.5 Å². The van der Waals surface area contributed by atoms with E-state index in [9.17, 15) is 19.1 Å². The molecule has 0 radical (unpaired) electrons. The molecule has 0 saturated carbocycles. The van der Waals surface area contributed by atoms with Gasteiger partial charge in [0.2, 0.25) is 0 Å². The molecule has 3 N–H and O–H groups in total. The van der Waals surface area contributed by atoms with Crippen LogP contribution in [0.1, 0.15) is 18.4 Å². The molecule has 2 aromatic carbocycles. The summed E-state index contributed by atoms with van der Waals surface area (Å²) in [5.41, 5.74) is -0.475. The van der Waals surface area contributed by atoms with Crippen LogP contribution in [-0.2, 0) is 19.9 Å². The average molecular weight is 421 g/mol. The van der Waals surface area contributed by atoms with Gasteiger partial charge in [0.05, 0.1) is 11.6 Å². The van der Waals surface area contributed by atoms with Gasteiger partial charge in [-0.1, -0.05) is 41.9 Å². The summed E-state index contributed by atoms with van der Waals surface area (Å²) >= 11 is 5.68. The molecule has 1 heterocycles. The number of hydrogen-bond donors (Lipinski definition) is 3. The van der Waals surface area contributed by atoms with Gasteiger partial charge in [-0.05, 0) is 42.5 Å². The van der Waals surface area contributed by atoms with Gasteiger partial charge >= 0.3 is 11.8 Å². The van der Waals surface area contributed by atoms with Crippen LogP contribution < -0.4 is 10.6 Å². The van der Waals surface area contributed by atoms with Crippen molar-refractivity contribution >= 4 is 29.1 Å². The highest BCUT2D eigenvalue weighted by atomic mass is 35.5. The maximum atomic E-state index is 13.2. The Bertz CT molecular complexity index is 874. The maximum absolute atomic E-state index is 13.2. The molecule has 1 aliphatic rings. The predicted octanol–water partition coefficient (Wildman–Crippen LogP) is 2.85. The van der Waals surface area contributed by atoms with Crippen LogP contribution in [0.3, 0.4) is 0 Å². The summed E-state index contributed by atoms with van der Waals surface area (Å²) in [4.78, 5) is 24.5. The lowest BCUT2D eigenvalue weighted by Gasteiger charge is -2.39. The number of aliphatic hydroxyl groups is 1. The number of benzene rings is 2. The Hall–Kier alpha value is -2.48. The third-order valence-electron chi connectivity index (χ3n) is 5.07. The molecule has 8 heteroatoms. The number of ether oxygens (including phenoxy) is 1. The number of hydrogen-bond acceptors (Lipinski definition) is 4. The maximum Gasteiger partial charge on any atom is 0.313 e. The molecule has 1 aliphatic heterocycles. The first-order valence-electron chi connectivity index (χ1n) is 9.30. The molecular weight excluding hydrogens is 399 g/mol. The molecule has 0 spiro atoms. The lowest BCUT2D eigenvalue weighted by atomic mass is 9.77. The minimum Gasteiger partial charge on any atom is -0.383 e. The second-order valence-electron chi connectivity index (χ2n) is 6.94. The van der Waals surface area contributed by atoms with E-state index in [1.54, 1.807) is 12.1 Å². The first-order chi connectivity index (χ1) is 13.9. The van der Waals surface area contributed by atoms with Crippen molar-refractivity contribution in [2.45, 2.75) is 18.4 Å². The van der Waals surface area contributed by atoms with E-state index in [1.165, 1.54) is 12.1 Å². The molecular formula is C21H22ClFN2O4. The van der Waals surface area contributed by atoms with E-state index in [2.05, 4.69) is 10.6 Å². The normalized spacial score (nSPS) is 16.7. The van der Waals surface area contributed by atoms with Crippen LogP contribution in [0.4, 0.5) is 10.1 Å². The fourth-order valence-corrected chi connectivity index (χ4v) is 3.62. The van der Waals surface area contributed by atoms with E-state index in [-0.39, 0.29) is 23.2 Å². The Morgan fingerprint density at radius 2 is 1.83 bits per heavy atom. The van der Waals surface area contributed by atoms with Crippen LogP contribution in [0.25, 0.3) is 0 Å². The first kappa shape index (κ1) is 21.2. The van der Waals surface area contributed by atoms with E-state index in [0.717, 1.165) is 6.07 Å². The monoisotopic (exact) mass is 420 g/mol. The van der Waals surface area contributed by atoms with Gasteiger partial charge in [-0.2, -0.15) is 0 Å². The van der Waals surface area contributed by atoms with E-state index in [1.807, 2.05) is 18.2 Å². The minimum atomic E-state index is -1.33. The van der Waals surface area contributed by atoms with Crippen molar-refractivity contribution in [1.82, 2.24) is 5.32 Å². The minimum absolute atomic E-state index is 0.127. The molecule has 2 amide bonds. The average Bonchev–Trinajstić information content (AvgIpc) is 2.75. The smallest absolute Gasteiger partial charge is 0.313 e. The van der Waals surface area contributed by atoms with Gasteiger partial charge in [0, 0.05) is 18.9 Å². The molecule has 154 valence electrons. The van der Waals surface area contributed by atoms with Crippen molar-refractivity contribution in [3.63, 3.8) is 0 Å². The molecule has 3 rings (SSSR count). The van der Waals surface area contributed by atoms with Crippen molar-refractivity contribution in [2.24, 2.45) is 5.92 Å². The summed E-state index contributed by atoms with van der Waals surface area (Å²) in [5.74, 6) is -2.60. The second-order valence-corrected chi connectivity index (χ2v) is 7.35. The van der Waals surface area contributed by atoms with Crippen LogP contribution in [0.15, 0.2) is 48.5 Å². The summed E-state index contributed by atoms with van der Waals surface area (Å²) < 4.78 is 18.6. The lowest BCUT2D eigenvalue weighted by molar-refractivity contribution is -0.137. The van der Waals surface area contributed by atoms with Gasteiger partial charge in [-0.15, -0.1) is 0 Å². The van der Waals surface area contributed by atoms with Crippen LogP contribution in [0.5, 0.6) is 0 Å². The van der Waals surface area contributed by atoms with Crippen LogP contribution >= 0.6 is 11.6 Å². The molecule has 0 bridgehead atoms. The van der Waals surface area contributed by atoms with Crippen molar-refractivity contribution < 1.29 is 23.8 Å². The zero-order chi connectivity index (χ0) is 20.9. The zero-order valence-corrected chi connectivity index (χ0v) is 16.4. The molecule has 1 atom stereocenters. The second kappa shape index (κ2) is 9.35. The predicted molar refractivity (Wildman–Crippen MR) is 107 cm³/mol. The van der Waals surface area contributed by atoms with Gasteiger partial charge in [0.15, 0.2) is 0 Å². The molecule has 1 fully saturated rings. The Labute approximate surface area is 173 Å². The Balaban J connectivity index is 1.68. The van der Waals surface area contributed by atoms with E-state index < -0.39 is 23.2 Å². The highest BCUT2D eigenvalue weighted by Gasteiger charge is 2.39. The summed E-state index contributed by atoms with van der Waals surface area (Å²) in [6.07, 6.45) is 1.28. The van der Waals surface area contributed by atoms with E-state index in [0.29, 0.717) is 31.6 Å². The fraction of sp³-hybridized carbons (Fsp3) is 0.333. The van der Waals surface area contributed by atoms with Gasteiger partial charge in [0.25, 0.3) is 0 Å². The number of anilines is 1. The van der Waals surface area contributed by atoms with Gasteiger partial charge in [-0.3, -0.25) is 9.59 Å². The number of nitrogens with one attached hydrogen (secondary N) is 2. The summed E-state index contributed by atoms with van der Waals surface area (Å²) in [6, 6.07) is 12.7. The molecule has 29 heavy (non-hydrogen) atoms. The molecule has 0 aliphatic carbocycles. The summed E-state index contributed by atoms with van der Waals surface area (Å²) in [6.45, 7) is 0.928. The zero-order valence-electron chi connectivity index (χ0n) is 15.7. The summed E-state index contributed by atoms with van der Waals surface area (Å²) in [7, 11) is 0. The third kappa shape index (κ3) is 5.12. The molecule has 2 aromatic rings. The topological polar surface area (TPSA) is 87.7 Å². The SMILES string of the molecule is O=C(NC[C@@](O)(c1ccccc1)C1CCOCC1)C(=O)Nc1ccc(F)c(Cl)c1. The Morgan fingerprint density at radius 1 is 1.14 bits per heavy atom. The van der Waals surface area contributed by atoms with Gasteiger partial charge in [0.1, 0.15) is 11.4 Å². The standard InChI is InChI=1S/C21H22ClFN2O4/c22-17-12-16(6-7-18(17)23)25-20(27)19(26)24-13-21(28,14-4-2-1-3-5-14)15-8-10-29-11-9-15/h1-7,12,15,28H,8-11,13H2,(H,24,26)(H,25,27)/t21-/m1/s1. The molecule has 0 aromatic heterocycles. The van der Waals surface area contributed by atoms with Crippen molar-refractivity contribution in [3.8, 4) is 0 Å². The number of halogens is 2. The number of carbonyl (C=O) groups is 2. The van der Waals surface area contributed by atoms with Crippen LogP contribution in [0, 0.1) is 11.7 Å². The lowest BCUT2D eigenvalue weighted by Crippen LogP contribution is -2.49. The molecule has 6 nitrogen and oxygen atoms in total. The molecule has 0 unspecified atom stereocenters. The highest BCUT2D eigenvalue weighted by molar-refractivity contribution is 6.39. The third-order valence-corrected chi connectivity index (χ3v) is 5.36.